The molecule has 33 heavy (non-hydrogen) atoms. The maximum absolute atomic E-state index is 12.5. The van der Waals surface area contributed by atoms with Crippen LogP contribution >= 0.6 is 22.9 Å². The molecule has 10 heteroatoms. The van der Waals surface area contributed by atoms with E-state index >= 15 is 0 Å². The Labute approximate surface area is 202 Å². The number of halogens is 1. The molecule has 2 heterocycles. The normalized spacial score (nSPS) is 14.2. The standard InChI is InChI=1S/C23H29ClN4O4S/c1-16(2)26-23(31)25-13-17-3-5-18(6-4-17)22(30)32-15-21(29)28-11-9-27(10-12-28)14-19-7-8-20(24)33-19/h3-8,16H,9-15H2,1-2H3,(H2,25,26,31). The summed E-state index contributed by atoms with van der Waals surface area (Å²) in [5, 5.41) is 5.49. The van der Waals surface area contributed by atoms with Gasteiger partial charge in [-0.3, -0.25) is 9.69 Å². The number of carbonyl (C=O) groups excluding carboxylic acids is 3. The van der Waals surface area contributed by atoms with Gasteiger partial charge in [0.15, 0.2) is 6.61 Å². The molecular formula is C23H29ClN4O4S. The van der Waals surface area contributed by atoms with Gasteiger partial charge in [0.1, 0.15) is 0 Å². The number of carbonyl (C=O) groups is 3. The zero-order chi connectivity index (χ0) is 23.8. The van der Waals surface area contributed by atoms with E-state index in [1.165, 1.54) is 4.88 Å². The number of rotatable bonds is 8. The molecule has 1 aliphatic rings. The van der Waals surface area contributed by atoms with Crippen LogP contribution in [0.5, 0.6) is 0 Å². The van der Waals surface area contributed by atoms with Gasteiger partial charge in [-0.15, -0.1) is 11.3 Å². The van der Waals surface area contributed by atoms with Crippen molar-refractivity contribution in [3.05, 3.63) is 56.7 Å². The molecule has 8 nitrogen and oxygen atoms in total. The quantitative estimate of drug-likeness (QED) is 0.552. The second kappa shape index (κ2) is 12.0. The highest BCUT2D eigenvalue weighted by Gasteiger charge is 2.22. The molecule has 0 spiro atoms. The molecule has 0 atom stereocenters. The van der Waals surface area contributed by atoms with Crippen LogP contribution in [-0.2, 0) is 22.6 Å². The highest BCUT2D eigenvalue weighted by molar-refractivity contribution is 7.16. The van der Waals surface area contributed by atoms with Gasteiger partial charge in [-0.1, -0.05) is 23.7 Å². The molecule has 0 unspecified atom stereocenters. The fourth-order valence-electron chi connectivity index (χ4n) is 3.37. The average molecular weight is 493 g/mol. The van der Waals surface area contributed by atoms with Gasteiger partial charge in [0.25, 0.3) is 5.91 Å². The van der Waals surface area contributed by atoms with Gasteiger partial charge in [-0.2, -0.15) is 0 Å². The minimum Gasteiger partial charge on any atom is -0.452 e. The summed E-state index contributed by atoms with van der Waals surface area (Å²) in [4.78, 5) is 41.6. The number of amides is 3. The Morgan fingerprint density at radius 1 is 1.06 bits per heavy atom. The highest BCUT2D eigenvalue weighted by Crippen LogP contribution is 2.23. The van der Waals surface area contributed by atoms with Crippen molar-refractivity contribution >= 4 is 40.8 Å². The van der Waals surface area contributed by atoms with E-state index in [1.54, 1.807) is 40.5 Å². The van der Waals surface area contributed by atoms with Crippen molar-refractivity contribution in [1.29, 1.82) is 0 Å². The summed E-state index contributed by atoms with van der Waals surface area (Å²) in [5.41, 5.74) is 1.21. The minimum absolute atomic E-state index is 0.0552. The maximum Gasteiger partial charge on any atom is 0.338 e. The Kier molecular flexibility index (Phi) is 9.11. The predicted molar refractivity (Wildman–Crippen MR) is 128 cm³/mol. The largest absolute Gasteiger partial charge is 0.452 e. The fourth-order valence-corrected chi connectivity index (χ4v) is 4.50. The van der Waals surface area contributed by atoms with Crippen molar-refractivity contribution in [2.45, 2.75) is 33.0 Å². The van der Waals surface area contributed by atoms with E-state index in [-0.39, 0.29) is 24.6 Å². The average Bonchev–Trinajstić information content (AvgIpc) is 3.20. The van der Waals surface area contributed by atoms with E-state index in [0.29, 0.717) is 25.2 Å². The van der Waals surface area contributed by atoms with Crippen molar-refractivity contribution in [1.82, 2.24) is 20.4 Å². The molecule has 0 saturated carbocycles. The van der Waals surface area contributed by atoms with Gasteiger partial charge in [-0.25, -0.2) is 9.59 Å². The van der Waals surface area contributed by atoms with Crippen molar-refractivity contribution in [3.63, 3.8) is 0 Å². The molecule has 0 aliphatic carbocycles. The Balaban J connectivity index is 1.37. The zero-order valence-electron chi connectivity index (χ0n) is 18.8. The zero-order valence-corrected chi connectivity index (χ0v) is 20.4. The van der Waals surface area contributed by atoms with Gasteiger partial charge >= 0.3 is 12.0 Å². The lowest BCUT2D eigenvalue weighted by Gasteiger charge is -2.34. The Morgan fingerprint density at radius 3 is 2.36 bits per heavy atom. The fraction of sp³-hybridized carbons (Fsp3) is 0.435. The second-order valence-corrected chi connectivity index (χ2v) is 9.92. The van der Waals surface area contributed by atoms with Gasteiger partial charge in [0.2, 0.25) is 0 Å². The van der Waals surface area contributed by atoms with Crippen LogP contribution in [0.3, 0.4) is 0 Å². The number of nitrogens with one attached hydrogen (secondary N) is 2. The van der Waals surface area contributed by atoms with Crippen molar-refractivity contribution in [2.24, 2.45) is 0 Å². The molecule has 1 aliphatic heterocycles. The van der Waals surface area contributed by atoms with E-state index in [9.17, 15) is 14.4 Å². The number of nitrogens with zero attached hydrogens (tertiary/aromatic N) is 2. The van der Waals surface area contributed by atoms with Crippen LogP contribution in [-0.4, -0.2) is 66.5 Å². The van der Waals surface area contributed by atoms with E-state index < -0.39 is 5.97 Å². The minimum atomic E-state index is -0.548. The molecule has 3 rings (SSSR count). The third kappa shape index (κ3) is 8.03. The van der Waals surface area contributed by atoms with Gasteiger partial charge < -0.3 is 20.3 Å². The van der Waals surface area contributed by atoms with Crippen molar-refractivity contribution < 1.29 is 19.1 Å². The summed E-state index contributed by atoms with van der Waals surface area (Å²) in [7, 11) is 0. The molecule has 1 saturated heterocycles. The first-order valence-corrected chi connectivity index (χ1v) is 12.0. The number of hydrogen-bond donors (Lipinski definition) is 2. The topological polar surface area (TPSA) is 91.0 Å². The summed E-state index contributed by atoms with van der Waals surface area (Å²) < 4.78 is 5.99. The Hall–Kier alpha value is -2.62. The lowest BCUT2D eigenvalue weighted by Crippen LogP contribution is -2.49. The van der Waals surface area contributed by atoms with Crippen LogP contribution < -0.4 is 10.6 Å². The van der Waals surface area contributed by atoms with E-state index in [0.717, 1.165) is 29.5 Å². The monoisotopic (exact) mass is 492 g/mol. The molecule has 0 radical (unpaired) electrons. The SMILES string of the molecule is CC(C)NC(=O)NCc1ccc(C(=O)OCC(=O)N2CCN(Cc3ccc(Cl)s3)CC2)cc1. The Morgan fingerprint density at radius 2 is 1.76 bits per heavy atom. The first-order valence-electron chi connectivity index (χ1n) is 10.8. The number of thiophene rings is 1. The summed E-state index contributed by atoms with van der Waals surface area (Å²) in [6, 6.07) is 10.5. The number of urea groups is 1. The van der Waals surface area contributed by atoms with Gasteiger partial charge in [0, 0.05) is 50.2 Å². The third-order valence-electron chi connectivity index (χ3n) is 5.12. The number of benzene rings is 1. The summed E-state index contributed by atoms with van der Waals surface area (Å²) in [6.07, 6.45) is 0. The molecule has 1 aromatic heterocycles. The smallest absolute Gasteiger partial charge is 0.338 e. The molecular weight excluding hydrogens is 464 g/mol. The van der Waals surface area contributed by atoms with Crippen LogP contribution in [0.1, 0.15) is 34.6 Å². The lowest BCUT2D eigenvalue weighted by molar-refractivity contribution is -0.136. The molecule has 2 aromatic rings. The molecule has 3 amide bonds. The molecule has 1 aromatic carbocycles. The lowest BCUT2D eigenvalue weighted by atomic mass is 10.1. The first-order chi connectivity index (χ1) is 15.8. The number of ether oxygens (including phenoxy) is 1. The van der Waals surface area contributed by atoms with E-state index in [4.69, 9.17) is 16.3 Å². The summed E-state index contributed by atoms with van der Waals surface area (Å²) >= 11 is 7.55. The Bertz CT molecular complexity index is 956. The van der Waals surface area contributed by atoms with Crippen LogP contribution in [0.15, 0.2) is 36.4 Å². The summed E-state index contributed by atoms with van der Waals surface area (Å²) in [6.45, 7) is 7.38. The van der Waals surface area contributed by atoms with Gasteiger partial charge in [-0.05, 0) is 43.7 Å². The van der Waals surface area contributed by atoms with Crippen molar-refractivity contribution in [2.75, 3.05) is 32.8 Å². The predicted octanol–water partition coefficient (Wildman–Crippen LogP) is 3.11. The van der Waals surface area contributed by atoms with E-state index in [2.05, 4.69) is 15.5 Å². The van der Waals surface area contributed by atoms with Crippen molar-refractivity contribution in [3.8, 4) is 0 Å². The van der Waals surface area contributed by atoms with E-state index in [1.807, 2.05) is 26.0 Å². The molecule has 0 bridgehead atoms. The number of esters is 1. The third-order valence-corrected chi connectivity index (χ3v) is 6.34. The second-order valence-electron chi connectivity index (χ2n) is 8.12. The molecule has 1 fully saturated rings. The first kappa shape index (κ1) is 25.0. The maximum atomic E-state index is 12.5. The summed E-state index contributed by atoms with van der Waals surface area (Å²) in [5.74, 6) is -0.743. The number of piperazine rings is 1. The van der Waals surface area contributed by atoms with Crippen LogP contribution in [0.2, 0.25) is 4.34 Å². The number of hydrogen-bond acceptors (Lipinski definition) is 6. The van der Waals surface area contributed by atoms with Gasteiger partial charge in [0.05, 0.1) is 9.90 Å². The van der Waals surface area contributed by atoms with Crippen LogP contribution in [0.25, 0.3) is 0 Å². The molecule has 178 valence electrons. The highest BCUT2D eigenvalue weighted by atomic mass is 35.5. The molecule has 2 N–H and O–H groups in total. The van der Waals surface area contributed by atoms with Crippen LogP contribution in [0.4, 0.5) is 4.79 Å². The van der Waals surface area contributed by atoms with Crippen LogP contribution in [0, 0.1) is 0 Å².